The minimum absolute atomic E-state index is 0.0986. The van der Waals surface area contributed by atoms with Gasteiger partial charge in [0.15, 0.2) is 5.69 Å². The van der Waals surface area contributed by atoms with Crippen LogP contribution in [-0.2, 0) is 23.1 Å². The fourth-order valence-corrected chi connectivity index (χ4v) is 3.86. The van der Waals surface area contributed by atoms with Gasteiger partial charge in [-0.05, 0) is 30.3 Å². The maximum Gasteiger partial charge on any atom is 0.272 e. The monoisotopic (exact) mass is 441 g/mol. The molecule has 3 aromatic rings. The summed E-state index contributed by atoms with van der Waals surface area (Å²) >= 11 is 7.03. The second kappa shape index (κ2) is 8.69. The Bertz CT molecular complexity index is 1080. The van der Waals surface area contributed by atoms with E-state index in [1.165, 1.54) is 23.5 Å². The van der Waals surface area contributed by atoms with Gasteiger partial charge in [-0.1, -0.05) is 11.6 Å². The van der Waals surface area contributed by atoms with Crippen LogP contribution in [-0.4, -0.2) is 29.5 Å². The van der Waals surface area contributed by atoms with Crippen molar-refractivity contribution in [2.24, 2.45) is 0 Å². The van der Waals surface area contributed by atoms with Gasteiger partial charge in [-0.2, -0.15) is 5.10 Å². The zero-order valence-corrected chi connectivity index (χ0v) is 16.5. The van der Waals surface area contributed by atoms with Crippen molar-refractivity contribution in [2.45, 2.75) is 18.0 Å². The van der Waals surface area contributed by atoms with E-state index in [2.05, 4.69) is 25.2 Å². The molecule has 146 valence electrons. The molecule has 0 bridgehead atoms. The zero-order chi connectivity index (χ0) is 20.1. The van der Waals surface area contributed by atoms with Crippen molar-refractivity contribution in [3.05, 3.63) is 69.1 Å². The molecule has 1 aromatic carbocycles. The molecule has 0 fully saturated rings. The summed E-state index contributed by atoms with van der Waals surface area (Å²) < 4.78 is 40.0. The van der Waals surface area contributed by atoms with Gasteiger partial charge in [0.2, 0.25) is 10.0 Å². The van der Waals surface area contributed by atoms with Gasteiger partial charge in [-0.15, -0.1) is 16.4 Å². The highest BCUT2D eigenvalue weighted by Crippen LogP contribution is 2.19. The lowest BCUT2D eigenvalue weighted by Crippen LogP contribution is -2.25. The van der Waals surface area contributed by atoms with Crippen LogP contribution in [0.2, 0.25) is 5.02 Å². The number of sulfonamides is 1. The molecule has 2 aromatic heterocycles. The molecule has 0 aliphatic carbocycles. The summed E-state index contributed by atoms with van der Waals surface area (Å²) in [5.74, 6) is -1.12. The average Bonchev–Trinajstić information content (AvgIpc) is 3.20. The molecule has 3 rings (SSSR count). The molecule has 0 unspecified atom stereocenters. The lowest BCUT2D eigenvalue weighted by molar-refractivity contribution is 0.0945. The molecule has 0 saturated heterocycles. The van der Waals surface area contributed by atoms with Crippen molar-refractivity contribution < 1.29 is 17.6 Å². The number of amides is 1. The Morgan fingerprint density at radius 3 is 2.64 bits per heavy atom. The van der Waals surface area contributed by atoms with Crippen LogP contribution in [0.4, 0.5) is 4.39 Å². The van der Waals surface area contributed by atoms with Crippen LogP contribution < -0.4 is 10.0 Å². The summed E-state index contributed by atoms with van der Waals surface area (Å²) in [6.07, 6.45) is 1.65. The lowest BCUT2D eigenvalue weighted by atomic mass is 10.3. The summed E-state index contributed by atoms with van der Waals surface area (Å²) in [6, 6.07) is 6.01. The minimum Gasteiger partial charge on any atom is -0.346 e. The number of rotatable bonds is 7. The molecule has 0 aliphatic heterocycles. The Labute approximate surface area is 168 Å². The summed E-state index contributed by atoms with van der Waals surface area (Å²) in [7, 11) is -3.91. The van der Waals surface area contributed by atoms with E-state index in [-0.39, 0.29) is 22.2 Å². The molecule has 0 atom stereocenters. The van der Waals surface area contributed by atoms with E-state index in [1.807, 2.05) is 0 Å². The fraction of sp³-hybridized carbons (Fsp3) is 0.125. The van der Waals surface area contributed by atoms with E-state index in [1.54, 1.807) is 11.7 Å². The maximum absolute atomic E-state index is 13.2. The number of carbonyl (C=O) groups is 1. The lowest BCUT2D eigenvalue weighted by Gasteiger charge is -2.07. The molecular formula is C16H13ClFN5O3S2. The van der Waals surface area contributed by atoms with Crippen molar-refractivity contribution in [3.63, 3.8) is 0 Å². The molecule has 28 heavy (non-hydrogen) atoms. The highest BCUT2D eigenvalue weighted by molar-refractivity contribution is 7.89. The predicted octanol–water partition coefficient (Wildman–Crippen LogP) is 2.13. The van der Waals surface area contributed by atoms with Gasteiger partial charge in [-0.3, -0.25) is 9.78 Å². The second-order valence-electron chi connectivity index (χ2n) is 5.46. The van der Waals surface area contributed by atoms with E-state index >= 15 is 0 Å². The van der Waals surface area contributed by atoms with Gasteiger partial charge < -0.3 is 5.32 Å². The fourth-order valence-electron chi connectivity index (χ4n) is 2.06. The molecule has 0 saturated carbocycles. The third kappa shape index (κ3) is 5.07. The molecule has 2 heterocycles. The third-order valence-corrected chi connectivity index (χ3v) is 5.97. The van der Waals surface area contributed by atoms with Crippen LogP contribution >= 0.6 is 22.9 Å². The summed E-state index contributed by atoms with van der Waals surface area (Å²) in [5, 5.41) is 10.0. The van der Waals surface area contributed by atoms with E-state index in [4.69, 9.17) is 11.6 Å². The van der Waals surface area contributed by atoms with E-state index < -0.39 is 21.7 Å². The van der Waals surface area contributed by atoms with Gasteiger partial charge in [0.05, 0.1) is 34.2 Å². The number of halogens is 2. The quantitative estimate of drug-likeness (QED) is 0.580. The van der Waals surface area contributed by atoms with Crippen molar-refractivity contribution in [1.82, 2.24) is 25.2 Å². The van der Waals surface area contributed by atoms with E-state index in [0.717, 1.165) is 23.1 Å². The first-order chi connectivity index (χ1) is 13.3. The van der Waals surface area contributed by atoms with Crippen LogP contribution in [0.25, 0.3) is 0 Å². The molecule has 0 aliphatic rings. The van der Waals surface area contributed by atoms with Crippen LogP contribution in [0.3, 0.4) is 0 Å². The first kappa shape index (κ1) is 20.3. The Kier molecular flexibility index (Phi) is 6.29. The number of benzene rings is 1. The van der Waals surface area contributed by atoms with Gasteiger partial charge in [-0.25, -0.2) is 17.5 Å². The number of hydrogen-bond donors (Lipinski definition) is 2. The topological polar surface area (TPSA) is 114 Å². The van der Waals surface area contributed by atoms with Crippen molar-refractivity contribution in [3.8, 4) is 0 Å². The van der Waals surface area contributed by atoms with Crippen molar-refractivity contribution in [1.29, 1.82) is 0 Å². The summed E-state index contributed by atoms with van der Waals surface area (Å²) in [6.45, 7) is 0.167. The van der Waals surface area contributed by atoms with Gasteiger partial charge in [0.25, 0.3) is 5.91 Å². The predicted molar refractivity (Wildman–Crippen MR) is 101 cm³/mol. The summed E-state index contributed by atoms with van der Waals surface area (Å²) in [4.78, 5) is 16.7. The Morgan fingerprint density at radius 1 is 1.18 bits per heavy atom. The molecular weight excluding hydrogens is 429 g/mol. The Balaban J connectivity index is 1.59. The van der Waals surface area contributed by atoms with E-state index in [9.17, 15) is 17.6 Å². The molecule has 12 heteroatoms. The largest absolute Gasteiger partial charge is 0.346 e. The molecule has 0 radical (unpaired) electrons. The Hall–Kier alpha value is -2.47. The average molecular weight is 442 g/mol. The SMILES string of the molecule is O=C(NCc1cncs1)c1ccc(CNS(=O)(=O)c2ccc(F)c(Cl)c2)nn1. The number of nitrogens with zero attached hydrogens (tertiary/aromatic N) is 3. The number of hydrogen-bond acceptors (Lipinski definition) is 7. The second-order valence-corrected chi connectivity index (χ2v) is 8.61. The molecule has 2 N–H and O–H groups in total. The normalized spacial score (nSPS) is 11.4. The number of carbonyl (C=O) groups excluding carboxylic acids is 1. The van der Waals surface area contributed by atoms with Gasteiger partial charge in [0.1, 0.15) is 5.82 Å². The van der Waals surface area contributed by atoms with Crippen molar-refractivity contribution >= 4 is 38.9 Å². The number of nitrogens with one attached hydrogen (secondary N) is 2. The highest BCUT2D eigenvalue weighted by Gasteiger charge is 2.16. The zero-order valence-electron chi connectivity index (χ0n) is 14.1. The summed E-state index contributed by atoms with van der Waals surface area (Å²) in [5.41, 5.74) is 2.06. The number of thiazole rings is 1. The Morgan fingerprint density at radius 2 is 2.00 bits per heavy atom. The van der Waals surface area contributed by atoms with Gasteiger partial charge in [0, 0.05) is 11.1 Å². The third-order valence-electron chi connectivity index (χ3n) is 3.50. The smallest absolute Gasteiger partial charge is 0.272 e. The minimum atomic E-state index is -3.91. The highest BCUT2D eigenvalue weighted by atomic mass is 35.5. The van der Waals surface area contributed by atoms with E-state index in [0.29, 0.717) is 12.2 Å². The van der Waals surface area contributed by atoms with Crippen molar-refractivity contribution in [2.75, 3.05) is 0 Å². The van der Waals surface area contributed by atoms with Crippen LogP contribution in [0.1, 0.15) is 21.1 Å². The maximum atomic E-state index is 13.2. The first-order valence-corrected chi connectivity index (χ1v) is 10.5. The van der Waals surface area contributed by atoms with Gasteiger partial charge >= 0.3 is 0 Å². The molecule has 8 nitrogen and oxygen atoms in total. The van der Waals surface area contributed by atoms with Crippen LogP contribution in [0, 0.1) is 5.82 Å². The standard InChI is InChI=1S/C16H13ClFN5O3S2/c17-13-5-12(2-3-14(13)18)28(25,26)21-6-10-1-4-15(23-22-10)16(24)20-8-11-7-19-9-27-11/h1-5,7,9,21H,6,8H2,(H,20,24). The van der Waals surface area contributed by atoms with Crippen LogP contribution in [0.15, 0.2) is 46.9 Å². The molecule has 0 spiro atoms. The number of aromatic nitrogens is 3. The first-order valence-electron chi connectivity index (χ1n) is 7.78. The van der Waals surface area contributed by atoms with Crippen LogP contribution in [0.5, 0.6) is 0 Å². The molecule has 1 amide bonds.